The number of nitrogens with two attached hydrogens (primary N) is 1. The number of carbonyl (C=O) groups is 1. The van der Waals surface area contributed by atoms with Crippen molar-refractivity contribution in [1.82, 2.24) is 5.32 Å². The second kappa shape index (κ2) is 11.9. The first kappa shape index (κ1) is 28.6. The highest BCUT2D eigenvalue weighted by molar-refractivity contribution is 5.80. The zero-order valence-corrected chi connectivity index (χ0v) is 22.6. The fraction of sp³-hybridized carbons (Fsp3) is 0.964. The van der Waals surface area contributed by atoms with Crippen LogP contribution in [0, 0.1) is 46.3 Å². The van der Waals surface area contributed by atoms with Crippen molar-refractivity contribution < 1.29 is 15.0 Å². The monoisotopic (exact) mass is 466 g/mol. The Hall–Kier alpha value is -0.650. The zero-order valence-electron chi connectivity index (χ0n) is 22.6. The van der Waals surface area contributed by atoms with E-state index >= 15 is 0 Å². The summed E-state index contributed by atoms with van der Waals surface area (Å²) >= 11 is 0. The Morgan fingerprint density at radius 2 is 1.67 bits per heavy atom. The third-order valence-electron chi connectivity index (χ3n) is 9.33. The van der Waals surface area contributed by atoms with Crippen molar-refractivity contribution in [1.29, 1.82) is 0 Å². The predicted molar refractivity (Wildman–Crippen MR) is 137 cm³/mol. The quantitative estimate of drug-likeness (QED) is 0.483. The molecular weight excluding hydrogens is 412 g/mol. The van der Waals surface area contributed by atoms with Crippen molar-refractivity contribution >= 4 is 5.91 Å². The van der Waals surface area contributed by atoms with Gasteiger partial charge in [-0.1, -0.05) is 48.5 Å². The van der Waals surface area contributed by atoms with Crippen LogP contribution < -0.4 is 11.1 Å². The fourth-order valence-electron chi connectivity index (χ4n) is 8.11. The van der Waals surface area contributed by atoms with E-state index in [9.17, 15) is 15.0 Å². The van der Waals surface area contributed by atoms with Gasteiger partial charge in [-0.25, -0.2) is 0 Å². The van der Waals surface area contributed by atoms with E-state index < -0.39 is 0 Å². The lowest BCUT2D eigenvalue weighted by molar-refractivity contribution is -0.179. The van der Waals surface area contributed by atoms with Gasteiger partial charge in [-0.05, 0) is 91.8 Å². The molecule has 4 aliphatic rings. The number of nitrogens with one attached hydrogen (secondary N) is 1. The average Bonchev–Trinajstić information content (AvgIpc) is 3.10. The summed E-state index contributed by atoms with van der Waals surface area (Å²) in [5, 5.41) is 24.5. The van der Waals surface area contributed by atoms with Crippen LogP contribution in [-0.4, -0.2) is 41.4 Å². The normalized spacial score (nSPS) is 43.7. The van der Waals surface area contributed by atoms with Gasteiger partial charge in [0.1, 0.15) is 0 Å². The highest BCUT2D eigenvalue weighted by atomic mass is 16.3. The van der Waals surface area contributed by atoms with Crippen LogP contribution in [-0.2, 0) is 4.79 Å². The van der Waals surface area contributed by atoms with E-state index in [1.807, 2.05) is 13.8 Å². The van der Waals surface area contributed by atoms with Crippen LogP contribution in [0.4, 0.5) is 0 Å². The summed E-state index contributed by atoms with van der Waals surface area (Å²) in [5.74, 6) is 2.88. The molecular formula is C28H54N2O3. The average molecular weight is 467 g/mol. The third kappa shape index (κ3) is 5.78. The van der Waals surface area contributed by atoms with E-state index in [0.717, 1.165) is 57.3 Å². The lowest BCUT2D eigenvalue weighted by Crippen LogP contribution is -2.59. The number of carbonyl (C=O) groups excluding carboxylic acids is 1. The van der Waals surface area contributed by atoms with Crippen molar-refractivity contribution in [2.75, 3.05) is 13.1 Å². The van der Waals surface area contributed by atoms with Crippen molar-refractivity contribution in [3.05, 3.63) is 0 Å². The molecule has 0 spiro atoms. The highest BCUT2D eigenvalue weighted by Gasteiger charge is 2.63. The molecule has 0 radical (unpaired) electrons. The molecule has 1 amide bonds. The van der Waals surface area contributed by atoms with Gasteiger partial charge in [-0.15, -0.1) is 0 Å². The molecule has 4 rings (SSSR count). The maximum absolute atomic E-state index is 12.8. The minimum atomic E-state index is -0.331. The van der Waals surface area contributed by atoms with Gasteiger partial charge in [0.05, 0.1) is 12.2 Å². The molecule has 0 saturated heterocycles. The summed E-state index contributed by atoms with van der Waals surface area (Å²) in [7, 11) is 0. The van der Waals surface area contributed by atoms with Crippen molar-refractivity contribution in [3.63, 3.8) is 0 Å². The Morgan fingerprint density at radius 3 is 2.27 bits per heavy atom. The Bertz CT molecular complexity index is 624. The van der Waals surface area contributed by atoms with E-state index in [1.165, 1.54) is 0 Å². The third-order valence-corrected chi connectivity index (χ3v) is 9.33. The van der Waals surface area contributed by atoms with E-state index in [1.54, 1.807) is 0 Å². The van der Waals surface area contributed by atoms with E-state index in [0.29, 0.717) is 36.8 Å². The number of amides is 1. The maximum atomic E-state index is 12.8. The lowest BCUT2D eigenvalue weighted by atomic mass is 9.44. The van der Waals surface area contributed by atoms with Crippen LogP contribution in [0.15, 0.2) is 0 Å². The van der Waals surface area contributed by atoms with Crippen LogP contribution in [0.3, 0.4) is 0 Å². The topological polar surface area (TPSA) is 95.6 Å². The van der Waals surface area contributed by atoms with Gasteiger partial charge < -0.3 is 21.3 Å². The molecule has 0 bridgehead atoms. The molecule has 4 aliphatic carbocycles. The van der Waals surface area contributed by atoms with Gasteiger partial charge in [0.25, 0.3) is 0 Å². The fourth-order valence-corrected chi connectivity index (χ4v) is 8.11. The van der Waals surface area contributed by atoms with Gasteiger partial charge >= 0.3 is 0 Å². The molecule has 4 fully saturated rings. The summed E-state index contributed by atoms with van der Waals surface area (Å²) in [6.07, 6.45) is 7.40. The van der Waals surface area contributed by atoms with Crippen LogP contribution in [0.5, 0.6) is 0 Å². The maximum Gasteiger partial charge on any atom is 0.223 e. The minimum Gasteiger partial charge on any atom is -0.393 e. The van der Waals surface area contributed by atoms with Gasteiger partial charge in [0, 0.05) is 19.0 Å². The van der Waals surface area contributed by atoms with E-state index in [-0.39, 0.29) is 34.9 Å². The second-order valence-corrected chi connectivity index (χ2v) is 12.2. The van der Waals surface area contributed by atoms with Crippen molar-refractivity contribution in [3.8, 4) is 0 Å². The molecule has 5 N–H and O–H groups in total. The molecule has 33 heavy (non-hydrogen) atoms. The zero-order chi connectivity index (χ0) is 25.0. The summed E-state index contributed by atoms with van der Waals surface area (Å²) < 4.78 is 0. The molecule has 194 valence electrons. The molecule has 4 saturated carbocycles. The van der Waals surface area contributed by atoms with Gasteiger partial charge in [0.2, 0.25) is 5.91 Å². The molecule has 5 nitrogen and oxygen atoms in total. The molecule has 0 aromatic rings. The molecule has 0 aromatic heterocycles. The van der Waals surface area contributed by atoms with E-state index in [4.69, 9.17) is 5.73 Å². The van der Waals surface area contributed by atoms with Gasteiger partial charge in [0.15, 0.2) is 0 Å². The number of aliphatic hydroxyl groups excluding tert-OH is 2. The summed E-state index contributed by atoms with van der Waals surface area (Å²) in [6, 6.07) is 0. The SMILES string of the molecule is CC.CC(C)C.CC12CC(O)C3C(CCC4CC(O)CCC43C)C1CCC2C(=O)NCCN. The van der Waals surface area contributed by atoms with Crippen molar-refractivity contribution in [2.24, 2.45) is 52.1 Å². The first-order valence-corrected chi connectivity index (χ1v) is 13.9. The highest BCUT2D eigenvalue weighted by Crippen LogP contribution is 2.67. The Morgan fingerprint density at radius 1 is 1.03 bits per heavy atom. The summed E-state index contributed by atoms with van der Waals surface area (Å²) in [6.45, 7) is 16.1. The Labute approximate surface area is 203 Å². The molecule has 9 atom stereocenters. The molecule has 0 aromatic carbocycles. The summed E-state index contributed by atoms with van der Waals surface area (Å²) in [5.41, 5.74) is 5.60. The van der Waals surface area contributed by atoms with Gasteiger partial charge in [-0.3, -0.25) is 4.79 Å². The van der Waals surface area contributed by atoms with Crippen LogP contribution in [0.2, 0.25) is 0 Å². The second-order valence-electron chi connectivity index (χ2n) is 12.2. The Balaban J connectivity index is 0.000000582. The minimum absolute atomic E-state index is 0.00311. The van der Waals surface area contributed by atoms with Crippen LogP contribution in [0.25, 0.3) is 0 Å². The first-order valence-electron chi connectivity index (χ1n) is 13.9. The number of aliphatic hydroxyl groups is 2. The first-order chi connectivity index (χ1) is 15.5. The molecule has 0 heterocycles. The predicted octanol–water partition coefficient (Wildman–Crippen LogP) is 4.74. The van der Waals surface area contributed by atoms with Crippen LogP contribution >= 0.6 is 0 Å². The molecule has 9 unspecified atom stereocenters. The smallest absolute Gasteiger partial charge is 0.223 e. The van der Waals surface area contributed by atoms with Gasteiger partial charge in [-0.2, -0.15) is 0 Å². The number of hydrogen-bond acceptors (Lipinski definition) is 4. The number of fused-ring (bicyclic) bond motifs is 5. The van der Waals surface area contributed by atoms with Crippen molar-refractivity contribution in [2.45, 2.75) is 112 Å². The number of rotatable bonds is 3. The van der Waals surface area contributed by atoms with E-state index in [2.05, 4.69) is 39.9 Å². The van der Waals surface area contributed by atoms with Crippen LogP contribution in [0.1, 0.15) is 99.8 Å². The summed E-state index contributed by atoms with van der Waals surface area (Å²) in [4.78, 5) is 12.8. The largest absolute Gasteiger partial charge is 0.393 e. The molecule has 0 aliphatic heterocycles. The Kier molecular flexibility index (Phi) is 10.3. The standard InChI is InChI=1S/C22H38N2O3.C4H10.C2H6/c1-21-8-7-14(25)11-13(21)3-4-15-16-5-6-17(20(27)24-10-9-23)22(16,2)12-18(26)19(15)21;1-4(2)3;1-2/h13-19,25-26H,3-12,23H2,1-2H3,(H,24,27);4H,1-3H3;1-2H3. The lowest BCUT2D eigenvalue weighted by Gasteiger charge is -2.62. The number of hydrogen-bond donors (Lipinski definition) is 4. The molecule has 5 heteroatoms.